The average molecular weight is 402 g/mol. The molecule has 0 radical (unpaired) electrons. The largest absolute Gasteiger partial charge is 0.354 e. The molecule has 1 aliphatic carbocycles. The molecule has 4 aromatic rings. The van der Waals surface area contributed by atoms with E-state index < -0.39 is 0 Å². The first-order valence-electron chi connectivity index (χ1n) is 10.9. The van der Waals surface area contributed by atoms with Crippen LogP contribution in [0, 0.1) is 0 Å². The van der Waals surface area contributed by atoms with Crippen LogP contribution in [0.4, 0.5) is 11.6 Å². The fourth-order valence-corrected chi connectivity index (χ4v) is 4.89. The lowest BCUT2D eigenvalue weighted by molar-refractivity contribution is 0.240. The number of piperazine rings is 1. The van der Waals surface area contributed by atoms with Gasteiger partial charge in [-0.3, -0.25) is 4.40 Å². The number of pyridine rings is 2. The summed E-state index contributed by atoms with van der Waals surface area (Å²) in [5, 5.41) is 4.61. The summed E-state index contributed by atoms with van der Waals surface area (Å²) in [5.41, 5.74) is 2.12. The number of nitrogens with one attached hydrogen (secondary N) is 1. The molecule has 1 saturated carbocycles. The van der Waals surface area contributed by atoms with Crippen LogP contribution >= 0.6 is 0 Å². The zero-order chi connectivity index (χ0) is 20.1. The van der Waals surface area contributed by atoms with Gasteiger partial charge in [-0.15, -0.1) is 0 Å². The van der Waals surface area contributed by atoms with Crippen molar-refractivity contribution in [2.24, 2.45) is 0 Å². The van der Waals surface area contributed by atoms with Crippen LogP contribution in [0.25, 0.3) is 16.7 Å². The number of rotatable bonds is 4. The molecule has 0 bridgehead atoms. The molecule has 5 heterocycles. The number of anilines is 2. The van der Waals surface area contributed by atoms with E-state index in [2.05, 4.69) is 78.7 Å². The fourth-order valence-electron chi connectivity index (χ4n) is 4.89. The van der Waals surface area contributed by atoms with Gasteiger partial charge in [-0.05, 0) is 50.2 Å². The van der Waals surface area contributed by atoms with E-state index in [-0.39, 0.29) is 0 Å². The van der Waals surface area contributed by atoms with Crippen molar-refractivity contribution < 1.29 is 0 Å². The number of imidazole rings is 1. The van der Waals surface area contributed by atoms with Crippen molar-refractivity contribution in [2.45, 2.75) is 24.9 Å². The third kappa shape index (κ3) is 2.84. The molecule has 2 fully saturated rings. The Hall–Kier alpha value is -3.06. The molecule has 6 rings (SSSR count). The second-order valence-corrected chi connectivity index (χ2v) is 8.43. The molecule has 0 spiro atoms. The van der Waals surface area contributed by atoms with Crippen molar-refractivity contribution >= 4 is 28.3 Å². The van der Waals surface area contributed by atoms with Gasteiger partial charge in [0, 0.05) is 62.2 Å². The number of aromatic nitrogens is 4. The first-order valence-corrected chi connectivity index (χ1v) is 10.9. The van der Waals surface area contributed by atoms with Crippen LogP contribution in [0.2, 0.25) is 0 Å². The minimum absolute atomic E-state index is 0.565. The molecule has 0 amide bonds. The summed E-state index contributed by atoms with van der Waals surface area (Å²) < 4.78 is 4.55. The molecule has 0 atom stereocenters. The minimum atomic E-state index is 0.565. The lowest BCUT2D eigenvalue weighted by Crippen LogP contribution is -2.47. The Balaban J connectivity index is 1.21. The number of hydrogen-bond donors (Lipinski definition) is 1. The molecular formula is C23H27N7. The third-order valence-corrected chi connectivity index (χ3v) is 6.80. The smallest absolute Gasteiger partial charge is 0.142 e. The summed E-state index contributed by atoms with van der Waals surface area (Å²) in [4.78, 5) is 14.4. The van der Waals surface area contributed by atoms with E-state index in [1.165, 1.54) is 24.0 Å². The molecule has 1 aliphatic heterocycles. The molecule has 30 heavy (non-hydrogen) atoms. The predicted molar refractivity (Wildman–Crippen MR) is 120 cm³/mol. The topological polar surface area (TPSA) is 53.6 Å². The summed E-state index contributed by atoms with van der Waals surface area (Å²) in [6.45, 7) is 3.89. The summed E-state index contributed by atoms with van der Waals surface area (Å²) in [5.74, 6) is 2.30. The van der Waals surface area contributed by atoms with E-state index in [9.17, 15) is 0 Å². The molecule has 7 heteroatoms. The third-order valence-electron chi connectivity index (χ3n) is 6.80. The zero-order valence-electron chi connectivity index (χ0n) is 17.3. The summed E-state index contributed by atoms with van der Waals surface area (Å²) in [7, 11) is 2.05. The maximum Gasteiger partial charge on any atom is 0.142 e. The van der Waals surface area contributed by atoms with Gasteiger partial charge >= 0.3 is 0 Å². The van der Waals surface area contributed by atoms with Gasteiger partial charge in [0.1, 0.15) is 22.9 Å². The second kappa shape index (κ2) is 7.02. The minimum Gasteiger partial charge on any atom is -0.354 e. The molecule has 7 nitrogen and oxygen atoms in total. The Morgan fingerprint density at radius 2 is 1.77 bits per heavy atom. The number of fused-ring (bicyclic) bond motifs is 2. The first kappa shape index (κ1) is 17.8. The van der Waals surface area contributed by atoms with Crippen LogP contribution < -0.4 is 15.1 Å². The van der Waals surface area contributed by atoms with E-state index in [1.54, 1.807) is 0 Å². The Labute approximate surface area is 175 Å². The molecule has 0 unspecified atom stereocenters. The predicted octanol–water partition coefficient (Wildman–Crippen LogP) is 2.93. The van der Waals surface area contributed by atoms with Gasteiger partial charge in [0.05, 0.1) is 0 Å². The van der Waals surface area contributed by atoms with E-state index in [0.717, 1.165) is 43.3 Å². The normalized spacial score (nSPS) is 22.0. The van der Waals surface area contributed by atoms with E-state index in [4.69, 9.17) is 4.98 Å². The number of nitrogens with zero attached hydrogens (tertiary/aromatic N) is 6. The Morgan fingerprint density at radius 1 is 0.933 bits per heavy atom. The van der Waals surface area contributed by atoms with E-state index >= 15 is 0 Å². The van der Waals surface area contributed by atoms with Gasteiger partial charge in [0.25, 0.3) is 0 Å². The highest BCUT2D eigenvalue weighted by Gasteiger charge is 2.30. The average Bonchev–Trinajstić information content (AvgIpc) is 3.40. The van der Waals surface area contributed by atoms with Gasteiger partial charge in [0.2, 0.25) is 0 Å². The van der Waals surface area contributed by atoms with Gasteiger partial charge in [-0.1, -0.05) is 6.07 Å². The van der Waals surface area contributed by atoms with Crippen LogP contribution in [0.3, 0.4) is 0 Å². The fraction of sp³-hybridized carbons (Fsp3) is 0.391. The SMILES string of the molecule is CN[C@H]1C[C@@H](n2ccc3ccc(N4CCN(c5cccc6nccn56)CC4)nc32)C1. The van der Waals surface area contributed by atoms with Crippen molar-refractivity contribution in [3.8, 4) is 0 Å². The highest BCUT2D eigenvalue weighted by atomic mass is 15.3. The van der Waals surface area contributed by atoms with Crippen LogP contribution in [0.1, 0.15) is 18.9 Å². The standard InChI is InChI=1S/C23H27N7/c1-24-18-15-19(16-18)29-9-7-17-5-6-21(26-23(17)29)27-11-13-28(14-12-27)22-4-2-3-20-25-8-10-30(20)22/h2-10,18-19,24H,11-16H2,1H3/t18-,19+. The quantitative estimate of drug-likeness (QED) is 0.570. The van der Waals surface area contributed by atoms with Crippen molar-refractivity contribution in [1.29, 1.82) is 0 Å². The molecule has 154 valence electrons. The maximum atomic E-state index is 5.09. The Kier molecular flexibility index (Phi) is 4.16. The lowest BCUT2D eigenvalue weighted by Gasteiger charge is -2.37. The summed E-state index contributed by atoms with van der Waals surface area (Å²) in [6.07, 6.45) is 8.49. The van der Waals surface area contributed by atoms with Gasteiger partial charge in [-0.25, -0.2) is 9.97 Å². The van der Waals surface area contributed by atoms with E-state index in [0.29, 0.717) is 12.1 Å². The van der Waals surface area contributed by atoms with Gasteiger partial charge in [-0.2, -0.15) is 0 Å². The van der Waals surface area contributed by atoms with Crippen molar-refractivity contribution in [3.05, 3.63) is 55.0 Å². The van der Waals surface area contributed by atoms with Crippen LogP contribution in [-0.4, -0.2) is 58.2 Å². The maximum absolute atomic E-state index is 5.09. The van der Waals surface area contributed by atoms with Crippen LogP contribution in [0.5, 0.6) is 0 Å². The van der Waals surface area contributed by atoms with Crippen LogP contribution in [-0.2, 0) is 0 Å². The summed E-state index contributed by atoms with van der Waals surface area (Å²) in [6, 6.07) is 14.1. The second-order valence-electron chi connectivity index (χ2n) is 8.43. The lowest BCUT2D eigenvalue weighted by atomic mass is 9.87. The molecule has 4 aromatic heterocycles. The Morgan fingerprint density at radius 3 is 2.60 bits per heavy atom. The van der Waals surface area contributed by atoms with Crippen molar-refractivity contribution in [2.75, 3.05) is 43.0 Å². The monoisotopic (exact) mass is 401 g/mol. The highest BCUT2D eigenvalue weighted by Crippen LogP contribution is 2.35. The Bertz CT molecular complexity index is 1180. The van der Waals surface area contributed by atoms with Gasteiger partial charge < -0.3 is 19.7 Å². The molecule has 1 saturated heterocycles. The molecule has 1 N–H and O–H groups in total. The first-order chi connectivity index (χ1) is 14.8. The zero-order valence-corrected chi connectivity index (χ0v) is 17.3. The van der Waals surface area contributed by atoms with E-state index in [1.807, 2.05) is 12.4 Å². The van der Waals surface area contributed by atoms with Gasteiger partial charge in [0.15, 0.2) is 0 Å². The molecule has 2 aliphatic rings. The van der Waals surface area contributed by atoms with Crippen LogP contribution in [0.15, 0.2) is 55.0 Å². The molecule has 0 aromatic carbocycles. The molecular weight excluding hydrogens is 374 g/mol. The summed E-state index contributed by atoms with van der Waals surface area (Å²) >= 11 is 0. The highest BCUT2D eigenvalue weighted by molar-refractivity contribution is 5.78. The number of hydrogen-bond acceptors (Lipinski definition) is 5. The van der Waals surface area contributed by atoms with Crippen molar-refractivity contribution in [3.63, 3.8) is 0 Å². The van der Waals surface area contributed by atoms with Crippen molar-refractivity contribution in [1.82, 2.24) is 24.3 Å².